The van der Waals surface area contributed by atoms with Gasteiger partial charge in [0.1, 0.15) is 12.4 Å². The van der Waals surface area contributed by atoms with Crippen LogP contribution < -0.4 is 10.1 Å². The van der Waals surface area contributed by atoms with Gasteiger partial charge in [0, 0.05) is 30.4 Å². The van der Waals surface area contributed by atoms with Gasteiger partial charge in [-0.2, -0.15) is 0 Å². The highest BCUT2D eigenvalue weighted by Crippen LogP contribution is 2.41. The number of aromatic nitrogens is 1. The van der Waals surface area contributed by atoms with E-state index in [4.69, 9.17) is 9.47 Å². The van der Waals surface area contributed by atoms with E-state index in [-0.39, 0.29) is 6.61 Å². The molecule has 1 aliphatic rings. The summed E-state index contributed by atoms with van der Waals surface area (Å²) in [5.74, 6) is 0.812. The summed E-state index contributed by atoms with van der Waals surface area (Å²) in [4.78, 5) is 11.6. The lowest BCUT2D eigenvalue weighted by molar-refractivity contribution is 0.142. The summed E-state index contributed by atoms with van der Waals surface area (Å²) in [6.07, 6.45) is 0.451. The fourth-order valence-electron chi connectivity index (χ4n) is 3.76. The molecule has 1 N–H and O–H groups in total. The number of amides is 1. The largest absolute Gasteiger partial charge is 0.497 e. The van der Waals surface area contributed by atoms with Crippen molar-refractivity contribution in [2.24, 2.45) is 0 Å². The summed E-state index contributed by atoms with van der Waals surface area (Å²) in [5.41, 5.74) is 8.08. The molecular formula is C22H22N2O3. The molecule has 3 aromatic rings. The first-order valence-corrected chi connectivity index (χ1v) is 8.94. The van der Waals surface area contributed by atoms with Crippen molar-refractivity contribution in [3.63, 3.8) is 0 Å². The molecule has 0 bridgehead atoms. The zero-order valence-corrected chi connectivity index (χ0v) is 15.7. The zero-order valence-electron chi connectivity index (χ0n) is 15.7. The molecule has 5 heteroatoms. The smallest absolute Gasteiger partial charge is 0.407 e. The standard InChI is InChI=1S/C22H22N2O3/c1-14-18(13-27-22(25)23-2)21(15-8-10-17(26-3)11-9-15)24-19-7-5-4-6-16(19)12-20(14)24/h4-11H,12-13H2,1-3H3,(H,23,25). The Morgan fingerprint density at radius 1 is 1.15 bits per heavy atom. The Bertz CT molecular complexity index is 1000. The van der Waals surface area contributed by atoms with Crippen LogP contribution >= 0.6 is 0 Å². The molecule has 0 saturated heterocycles. The van der Waals surface area contributed by atoms with Gasteiger partial charge in [-0.05, 0) is 53.9 Å². The van der Waals surface area contributed by atoms with Crippen LogP contribution in [0.4, 0.5) is 4.79 Å². The van der Waals surface area contributed by atoms with Gasteiger partial charge in [0.05, 0.1) is 12.8 Å². The highest BCUT2D eigenvalue weighted by atomic mass is 16.5. The fourth-order valence-corrected chi connectivity index (χ4v) is 3.76. The number of hydrogen-bond acceptors (Lipinski definition) is 3. The first-order chi connectivity index (χ1) is 13.1. The number of carbonyl (C=O) groups excluding carboxylic acids is 1. The van der Waals surface area contributed by atoms with Gasteiger partial charge in [0.15, 0.2) is 0 Å². The normalized spacial score (nSPS) is 11.7. The lowest BCUT2D eigenvalue weighted by Gasteiger charge is -2.13. The number of benzene rings is 2. The number of fused-ring (bicyclic) bond motifs is 3. The number of para-hydroxylation sites is 1. The number of alkyl carbamates (subject to hydrolysis) is 1. The second kappa shape index (κ2) is 6.83. The van der Waals surface area contributed by atoms with Crippen LogP contribution in [-0.2, 0) is 17.8 Å². The molecular weight excluding hydrogens is 340 g/mol. The van der Waals surface area contributed by atoms with Crippen LogP contribution in [-0.4, -0.2) is 24.8 Å². The first-order valence-electron chi connectivity index (χ1n) is 8.94. The van der Waals surface area contributed by atoms with E-state index in [1.807, 2.05) is 24.3 Å². The molecule has 0 spiro atoms. The van der Waals surface area contributed by atoms with E-state index in [0.29, 0.717) is 0 Å². The summed E-state index contributed by atoms with van der Waals surface area (Å²) < 4.78 is 13.0. The number of rotatable bonds is 4. The molecule has 0 unspecified atom stereocenters. The van der Waals surface area contributed by atoms with Gasteiger partial charge in [-0.1, -0.05) is 18.2 Å². The van der Waals surface area contributed by atoms with E-state index in [9.17, 15) is 4.79 Å². The monoisotopic (exact) mass is 362 g/mol. The number of nitrogens with one attached hydrogen (secondary N) is 1. The van der Waals surface area contributed by atoms with E-state index >= 15 is 0 Å². The van der Waals surface area contributed by atoms with Crippen LogP contribution in [0, 0.1) is 6.92 Å². The Balaban J connectivity index is 1.88. The quantitative estimate of drug-likeness (QED) is 0.591. The maximum atomic E-state index is 11.6. The van der Waals surface area contributed by atoms with Gasteiger partial charge < -0.3 is 19.4 Å². The van der Waals surface area contributed by atoms with E-state index < -0.39 is 6.09 Å². The first kappa shape index (κ1) is 17.2. The van der Waals surface area contributed by atoms with Gasteiger partial charge in [-0.15, -0.1) is 0 Å². The second-order valence-corrected chi connectivity index (χ2v) is 6.59. The van der Waals surface area contributed by atoms with E-state index in [2.05, 4.69) is 41.1 Å². The third kappa shape index (κ3) is 2.85. The van der Waals surface area contributed by atoms with Gasteiger partial charge in [0.2, 0.25) is 0 Å². The van der Waals surface area contributed by atoms with Crippen molar-refractivity contribution in [1.29, 1.82) is 0 Å². The van der Waals surface area contributed by atoms with Crippen LogP contribution in [0.1, 0.15) is 22.4 Å². The maximum absolute atomic E-state index is 11.6. The Hall–Kier alpha value is -3.21. The van der Waals surface area contributed by atoms with E-state index in [0.717, 1.165) is 29.0 Å². The van der Waals surface area contributed by atoms with Crippen molar-refractivity contribution >= 4 is 6.09 Å². The van der Waals surface area contributed by atoms with Gasteiger partial charge in [-0.25, -0.2) is 4.79 Å². The minimum absolute atomic E-state index is 0.231. The lowest BCUT2D eigenvalue weighted by Crippen LogP contribution is -2.19. The number of hydrogen-bond donors (Lipinski definition) is 1. The highest BCUT2D eigenvalue weighted by Gasteiger charge is 2.28. The molecule has 0 fully saturated rings. The van der Waals surface area contributed by atoms with Crippen molar-refractivity contribution < 1.29 is 14.3 Å². The maximum Gasteiger partial charge on any atom is 0.407 e. The third-order valence-electron chi connectivity index (χ3n) is 5.17. The topological polar surface area (TPSA) is 52.5 Å². The SMILES string of the molecule is CNC(=O)OCc1c(C)c2n(c1-c1ccc(OC)cc1)-c1ccccc1C2. The Morgan fingerprint density at radius 3 is 2.59 bits per heavy atom. The Morgan fingerprint density at radius 2 is 1.89 bits per heavy atom. The van der Waals surface area contributed by atoms with Crippen LogP contribution in [0.2, 0.25) is 0 Å². The average Bonchev–Trinajstić information content (AvgIpc) is 3.21. The minimum Gasteiger partial charge on any atom is -0.497 e. The Labute approximate surface area is 158 Å². The van der Waals surface area contributed by atoms with Gasteiger partial charge in [-0.3, -0.25) is 0 Å². The second-order valence-electron chi connectivity index (χ2n) is 6.59. The predicted molar refractivity (Wildman–Crippen MR) is 105 cm³/mol. The number of methoxy groups -OCH3 is 1. The molecule has 4 rings (SSSR count). The molecule has 1 aliphatic heterocycles. The summed E-state index contributed by atoms with van der Waals surface area (Å²) >= 11 is 0. The molecule has 27 heavy (non-hydrogen) atoms. The van der Waals surface area contributed by atoms with Crippen molar-refractivity contribution in [1.82, 2.24) is 9.88 Å². The van der Waals surface area contributed by atoms with Crippen molar-refractivity contribution in [3.05, 3.63) is 70.9 Å². The molecule has 1 aromatic heterocycles. The van der Waals surface area contributed by atoms with Gasteiger partial charge >= 0.3 is 6.09 Å². The van der Waals surface area contributed by atoms with Crippen molar-refractivity contribution in [3.8, 4) is 22.7 Å². The van der Waals surface area contributed by atoms with Crippen LogP contribution in [0.15, 0.2) is 48.5 Å². The molecule has 2 aromatic carbocycles. The number of ether oxygens (including phenoxy) is 2. The number of nitrogens with zero attached hydrogens (tertiary/aromatic N) is 1. The minimum atomic E-state index is -0.429. The van der Waals surface area contributed by atoms with E-state index in [1.165, 1.54) is 22.5 Å². The molecule has 1 amide bonds. The van der Waals surface area contributed by atoms with Gasteiger partial charge in [0.25, 0.3) is 0 Å². The molecule has 0 saturated carbocycles. The Kier molecular flexibility index (Phi) is 4.36. The van der Waals surface area contributed by atoms with Crippen LogP contribution in [0.25, 0.3) is 16.9 Å². The zero-order chi connectivity index (χ0) is 19.0. The van der Waals surface area contributed by atoms with E-state index in [1.54, 1.807) is 14.2 Å². The predicted octanol–water partition coefficient (Wildman–Crippen LogP) is 4.22. The molecule has 0 aliphatic carbocycles. The third-order valence-corrected chi connectivity index (χ3v) is 5.17. The van der Waals surface area contributed by atoms with Crippen molar-refractivity contribution in [2.45, 2.75) is 20.0 Å². The average molecular weight is 362 g/mol. The summed E-state index contributed by atoms with van der Waals surface area (Å²) in [5, 5.41) is 2.51. The molecule has 138 valence electrons. The molecule has 5 nitrogen and oxygen atoms in total. The van der Waals surface area contributed by atoms with Crippen molar-refractivity contribution in [2.75, 3.05) is 14.2 Å². The van der Waals surface area contributed by atoms with Crippen LogP contribution in [0.3, 0.4) is 0 Å². The summed E-state index contributed by atoms with van der Waals surface area (Å²) in [6.45, 7) is 2.34. The van der Waals surface area contributed by atoms with Crippen LogP contribution in [0.5, 0.6) is 5.75 Å². The molecule has 0 atom stereocenters. The number of carbonyl (C=O) groups is 1. The molecule has 0 radical (unpaired) electrons. The highest BCUT2D eigenvalue weighted by molar-refractivity contribution is 5.74. The summed E-state index contributed by atoms with van der Waals surface area (Å²) in [7, 11) is 3.22. The summed E-state index contributed by atoms with van der Waals surface area (Å²) in [6, 6.07) is 16.4. The fraction of sp³-hybridized carbons (Fsp3) is 0.227. The lowest BCUT2D eigenvalue weighted by atomic mass is 10.0. The molecule has 2 heterocycles.